The molecule has 1 atom stereocenters. The molecule has 0 saturated carbocycles. The topological polar surface area (TPSA) is 151 Å². The highest BCUT2D eigenvalue weighted by molar-refractivity contribution is 7.99. The number of fused-ring (bicyclic) bond motifs is 1. The number of aryl methyl sites for hydroxylation is 1. The van der Waals surface area contributed by atoms with E-state index in [2.05, 4.69) is 46.6 Å². The number of aromatic amines is 1. The summed E-state index contributed by atoms with van der Waals surface area (Å²) in [6, 6.07) is 6.51. The Balaban J connectivity index is 1.53. The highest BCUT2D eigenvalue weighted by Crippen LogP contribution is 2.47. The van der Waals surface area contributed by atoms with Gasteiger partial charge in [0.2, 0.25) is 23.1 Å². The Morgan fingerprint density at radius 3 is 2.64 bits per heavy atom. The number of anilines is 2. The van der Waals surface area contributed by atoms with Gasteiger partial charge in [-0.25, -0.2) is 9.78 Å². The Bertz CT molecular complexity index is 1520. The summed E-state index contributed by atoms with van der Waals surface area (Å²) in [5, 5.41) is 16.7. The van der Waals surface area contributed by atoms with E-state index in [-0.39, 0.29) is 40.5 Å². The van der Waals surface area contributed by atoms with Crippen LogP contribution in [0.3, 0.4) is 0 Å². The third-order valence-corrected chi connectivity index (χ3v) is 6.75. The number of carbonyl (C=O) groups is 2. The number of aromatic nitrogens is 7. The van der Waals surface area contributed by atoms with Crippen molar-refractivity contribution in [1.82, 2.24) is 40.2 Å². The fourth-order valence-electron chi connectivity index (χ4n) is 3.54. The number of alkyl halides is 3. The fourth-order valence-corrected chi connectivity index (χ4v) is 4.57. The van der Waals surface area contributed by atoms with Crippen molar-refractivity contribution < 1.29 is 22.8 Å². The quantitative estimate of drug-likeness (QED) is 0.122. The van der Waals surface area contributed by atoms with Gasteiger partial charge in [-0.1, -0.05) is 20.4 Å². The number of benzene rings is 1. The van der Waals surface area contributed by atoms with Crippen LogP contribution in [0.4, 0.5) is 30.4 Å². The van der Waals surface area contributed by atoms with Gasteiger partial charge in [-0.05, 0) is 52.9 Å². The molecule has 0 aliphatic heterocycles. The second-order valence-corrected chi connectivity index (χ2v) is 9.24. The molecule has 39 heavy (non-hydrogen) atoms. The molecule has 0 radical (unpaired) electrons. The average molecular weight is 562 g/mol. The number of halogens is 3. The fraction of sp³-hybridized carbons (Fsp3) is 0.318. The maximum atomic E-state index is 14.1. The molecule has 1 unspecified atom stereocenters. The van der Waals surface area contributed by atoms with Gasteiger partial charge >= 0.3 is 6.18 Å². The van der Waals surface area contributed by atoms with Gasteiger partial charge in [0, 0.05) is 18.0 Å². The summed E-state index contributed by atoms with van der Waals surface area (Å²) in [5.41, 5.74) is 4.83. The van der Waals surface area contributed by atoms with Crippen LogP contribution >= 0.6 is 11.8 Å². The monoisotopic (exact) mass is 561 g/mol. The molecule has 0 fully saturated rings. The molecule has 0 saturated heterocycles. The first-order valence-electron chi connectivity index (χ1n) is 11.5. The standard InChI is InChI=1S/C22H22F3N11O2S/c1-4-12(2)18-29-20-17(16(22(23,24)25)19(26-3)36(20)32-18)39-21-31-33-34-35(21)10-9-15(38)28-13-5-7-14(8-6-13)30-27-11-37/h5-8,11-12,30H,4,9-10H2,1-2H3,(H,27,37)(H,28,38)(H,29,32). The van der Waals surface area contributed by atoms with Crippen molar-refractivity contribution in [2.75, 3.05) is 10.7 Å². The van der Waals surface area contributed by atoms with Crippen LogP contribution in [0.1, 0.15) is 44.0 Å². The summed E-state index contributed by atoms with van der Waals surface area (Å²) in [7, 11) is 0. The van der Waals surface area contributed by atoms with Gasteiger partial charge in [0.05, 0.1) is 22.7 Å². The predicted molar refractivity (Wildman–Crippen MR) is 134 cm³/mol. The average Bonchev–Trinajstić information content (AvgIpc) is 3.61. The number of rotatable bonds is 11. The molecule has 0 aliphatic carbocycles. The highest BCUT2D eigenvalue weighted by Gasteiger charge is 2.42. The summed E-state index contributed by atoms with van der Waals surface area (Å²) < 4.78 is 44.5. The van der Waals surface area contributed by atoms with Crippen molar-refractivity contribution in [1.29, 1.82) is 0 Å². The van der Waals surface area contributed by atoms with E-state index < -0.39 is 17.6 Å². The van der Waals surface area contributed by atoms with E-state index >= 15 is 0 Å². The van der Waals surface area contributed by atoms with Gasteiger partial charge in [-0.2, -0.15) is 22.7 Å². The normalized spacial score (nSPS) is 12.2. The molecule has 0 aliphatic rings. The van der Waals surface area contributed by atoms with Crippen LogP contribution in [0.2, 0.25) is 0 Å². The number of hydrogen-bond acceptors (Lipinski definition) is 8. The van der Waals surface area contributed by atoms with Gasteiger partial charge < -0.3 is 10.2 Å². The van der Waals surface area contributed by atoms with Crippen molar-refractivity contribution in [3.63, 3.8) is 0 Å². The lowest BCUT2D eigenvalue weighted by atomic mass is 10.1. The molecule has 1 aromatic carbocycles. The smallest absolute Gasteiger partial charge is 0.361 e. The Hall–Kier alpha value is -4.59. The third kappa shape index (κ3) is 5.95. The number of tetrazole rings is 1. The summed E-state index contributed by atoms with van der Waals surface area (Å²) >= 11 is 0.627. The molecule has 13 nitrogen and oxygen atoms in total. The summed E-state index contributed by atoms with van der Waals surface area (Å²) in [5.74, 6) is -0.632. The van der Waals surface area contributed by atoms with Crippen LogP contribution in [0.15, 0.2) is 34.3 Å². The van der Waals surface area contributed by atoms with E-state index in [0.29, 0.717) is 41.8 Å². The third-order valence-electron chi connectivity index (χ3n) is 5.69. The van der Waals surface area contributed by atoms with Gasteiger partial charge in [0.15, 0.2) is 0 Å². The second-order valence-electron chi connectivity index (χ2n) is 8.26. The van der Waals surface area contributed by atoms with Crippen LogP contribution in [-0.4, -0.2) is 47.1 Å². The van der Waals surface area contributed by atoms with Gasteiger partial charge in [0.25, 0.3) is 5.82 Å². The van der Waals surface area contributed by atoms with Crippen LogP contribution in [0.25, 0.3) is 10.5 Å². The minimum absolute atomic E-state index is 0.00326. The zero-order valence-electron chi connectivity index (χ0n) is 20.6. The first kappa shape index (κ1) is 27.4. The van der Waals surface area contributed by atoms with Crippen molar-refractivity contribution >= 4 is 46.9 Å². The van der Waals surface area contributed by atoms with Gasteiger partial charge in [-0.15, -0.1) is 5.10 Å². The summed E-state index contributed by atoms with van der Waals surface area (Å²) in [6.07, 6.45) is -3.74. The Morgan fingerprint density at radius 2 is 2.00 bits per heavy atom. The number of hydrazine groups is 1. The molecule has 3 aromatic heterocycles. The molecule has 4 N–H and O–H groups in total. The first-order valence-corrected chi connectivity index (χ1v) is 12.4. The second kappa shape index (κ2) is 11.4. The van der Waals surface area contributed by atoms with E-state index in [0.717, 1.165) is 4.52 Å². The van der Waals surface area contributed by atoms with E-state index in [9.17, 15) is 22.8 Å². The molecule has 4 rings (SSSR count). The molecule has 3 heterocycles. The maximum absolute atomic E-state index is 14.1. The van der Waals surface area contributed by atoms with E-state index in [1.54, 1.807) is 24.3 Å². The Labute approximate surface area is 223 Å². The minimum atomic E-state index is -4.83. The number of amides is 2. The molecule has 17 heteroatoms. The molecule has 0 spiro atoms. The van der Waals surface area contributed by atoms with Crippen molar-refractivity contribution in [2.45, 2.75) is 55.4 Å². The predicted octanol–water partition coefficient (Wildman–Crippen LogP) is 3.98. The SMILES string of the molecule is [C-]#[N+]c1c(C(F)(F)F)c(Sc2nnnn2CCC(=O)Nc2ccc(NNC=O)cc2)c2nc(C(C)CC)[nH]n12. The van der Waals surface area contributed by atoms with Crippen LogP contribution in [0, 0.1) is 6.57 Å². The molecule has 2 amide bonds. The lowest BCUT2D eigenvalue weighted by Crippen LogP contribution is -2.19. The largest absolute Gasteiger partial charge is 0.410 e. The molecular formula is C22H22F3N11O2S. The van der Waals surface area contributed by atoms with E-state index in [4.69, 9.17) is 6.57 Å². The van der Waals surface area contributed by atoms with Crippen molar-refractivity contribution in [3.8, 4) is 0 Å². The number of carbonyl (C=O) groups excluding carboxylic acids is 2. The Kier molecular flexibility index (Phi) is 8.04. The molecule has 0 bridgehead atoms. The van der Waals surface area contributed by atoms with Gasteiger partial charge in [0.1, 0.15) is 5.82 Å². The minimum Gasteiger partial charge on any atom is -0.361 e. The van der Waals surface area contributed by atoms with Crippen molar-refractivity contribution in [3.05, 3.63) is 47.1 Å². The first-order chi connectivity index (χ1) is 18.7. The van der Waals surface area contributed by atoms with Gasteiger partial charge in [-0.3, -0.25) is 20.4 Å². The Morgan fingerprint density at radius 1 is 1.28 bits per heavy atom. The molecule has 204 valence electrons. The number of nitrogens with one attached hydrogen (secondary N) is 4. The number of hydrogen-bond donors (Lipinski definition) is 4. The van der Waals surface area contributed by atoms with Crippen LogP contribution in [-0.2, 0) is 22.3 Å². The summed E-state index contributed by atoms with van der Waals surface area (Å²) in [6.45, 7) is 11.2. The lowest BCUT2D eigenvalue weighted by Gasteiger charge is -2.10. The van der Waals surface area contributed by atoms with Crippen LogP contribution < -0.4 is 16.2 Å². The van der Waals surface area contributed by atoms with E-state index in [1.807, 2.05) is 13.8 Å². The molecule has 4 aromatic rings. The summed E-state index contributed by atoms with van der Waals surface area (Å²) in [4.78, 5) is 30.0. The zero-order chi connectivity index (χ0) is 28.2. The number of H-pyrrole nitrogens is 1. The lowest BCUT2D eigenvalue weighted by molar-refractivity contribution is -0.138. The zero-order valence-corrected chi connectivity index (χ0v) is 21.4. The van der Waals surface area contributed by atoms with Crippen molar-refractivity contribution in [2.24, 2.45) is 0 Å². The maximum Gasteiger partial charge on any atom is 0.410 e. The molecular weight excluding hydrogens is 539 g/mol. The highest BCUT2D eigenvalue weighted by atomic mass is 32.2. The number of nitrogens with zero attached hydrogens (tertiary/aromatic N) is 7. The van der Waals surface area contributed by atoms with Crippen LogP contribution in [0.5, 0.6) is 0 Å². The van der Waals surface area contributed by atoms with E-state index in [1.165, 1.54) is 4.68 Å².